The molecule has 0 aliphatic rings. The Balaban J connectivity index is 0.000000214. The molecule has 2 unspecified atom stereocenters. The zero-order chi connectivity index (χ0) is 40.5. The summed E-state index contributed by atoms with van der Waals surface area (Å²) in [6, 6.07) is 40.5. The number of halogens is 3. The Morgan fingerprint density at radius 2 is 1.05 bits per heavy atom. The average Bonchev–Trinajstić information content (AvgIpc) is 3.18. The highest BCUT2D eigenvalue weighted by molar-refractivity contribution is 7.80. The predicted octanol–water partition coefficient (Wildman–Crippen LogP) is 11.9. The van der Waals surface area contributed by atoms with Gasteiger partial charge in [-0.15, -0.1) is 12.6 Å². The van der Waals surface area contributed by atoms with Crippen LogP contribution in [0.25, 0.3) is 0 Å². The number of nitriles is 2. The maximum absolute atomic E-state index is 12.6. The second-order valence-electron chi connectivity index (χ2n) is 13.0. The number of anilines is 3. The fourth-order valence-corrected chi connectivity index (χ4v) is 6.86. The van der Waals surface area contributed by atoms with Crippen LogP contribution >= 0.6 is 47.4 Å². The quantitative estimate of drug-likeness (QED) is 0.0897. The van der Waals surface area contributed by atoms with Gasteiger partial charge in [0.2, 0.25) is 0 Å². The number of carbonyl (C=O) groups excluding carboxylic acids is 2. The number of aryl methyl sites for hydroxylation is 3. The molecule has 280 valence electrons. The Hall–Kier alpha value is -5.74. The van der Waals surface area contributed by atoms with Crippen molar-refractivity contribution >= 4 is 76.3 Å². The van der Waals surface area contributed by atoms with Crippen LogP contribution in [0.3, 0.4) is 0 Å². The maximum Gasteiger partial charge on any atom is 0.257 e. The molecule has 0 radical (unpaired) electrons. The SMILES string of the molecule is Cc1cc(C(C#N)c2ccc(Cl)cc2)c(Cl)cc1NC(=O)c1ccccc1S.Cc1ccc(C(C#N)c2cc(C)c(NC(=O)c3ccccc3N)cc2Cl)cc1. The molecule has 0 saturated heterocycles. The van der Waals surface area contributed by atoms with Crippen molar-refractivity contribution in [2.45, 2.75) is 37.5 Å². The molecule has 56 heavy (non-hydrogen) atoms. The fourth-order valence-electron chi connectivity index (χ4n) is 5.93. The lowest BCUT2D eigenvalue weighted by Crippen LogP contribution is -2.15. The largest absolute Gasteiger partial charge is 0.398 e. The molecule has 0 heterocycles. The normalized spacial score (nSPS) is 11.5. The van der Waals surface area contributed by atoms with Crippen molar-refractivity contribution in [2.75, 3.05) is 16.4 Å². The van der Waals surface area contributed by atoms with Crippen molar-refractivity contribution in [1.29, 1.82) is 10.5 Å². The van der Waals surface area contributed by atoms with Gasteiger partial charge in [0.05, 0.1) is 35.1 Å². The Morgan fingerprint density at radius 3 is 1.52 bits per heavy atom. The van der Waals surface area contributed by atoms with E-state index in [0.717, 1.165) is 27.8 Å². The van der Waals surface area contributed by atoms with Gasteiger partial charge in [-0.25, -0.2) is 0 Å². The lowest BCUT2D eigenvalue weighted by Gasteiger charge is -2.16. The summed E-state index contributed by atoms with van der Waals surface area (Å²) in [5.41, 5.74) is 14.1. The van der Waals surface area contributed by atoms with E-state index in [9.17, 15) is 20.1 Å². The molecule has 2 amide bonds. The molecule has 0 spiro atoms. The summed E-state index contributed by atoms with van der Waals surface area (Å²) < 4.78 is 0. The molecule has 0 bridgehead atoms. The number of benzene rings is 6. The number of para-hydroxylation sites is 1. The van der Waals surface area contributed by atoms with Gasteiger partial charge in [-0.3, -0.25) is 9.59 Å². The van der Waals surface area contributed by atoms with Crippen LogP contribution in [0.2, 0.25) is 15.1 Å². The first kappa shape index (κ1) is 41.4. The third-order valence-electron chi connectivity index (χ3n) is 9.03. The van der Waals surface area contributed by atoms with E-state index in [1.807, 2.05) is 63.2 Å². The third-order valence-corrected chi connectivity index (χ3v) is 10.3. The number of nitrogen functional groups attached to an aromatic ring is 1. The second-order valence-corrected chi connectivity index (χ2v) is 14.7. The number of nitrogens with one attached hydrogen (secondary N) is 2. The Bertz CT molecular complexity index is 2320. The van der Waals surface area contributed by atoms with E-state index in [1.54, 1.807) is 78.9 Å². The van der Waals surface area contributed by atoms with E-state index in [-0.39, 0.29) is 11.8 Å². The number of amides is 2. The number of hydrogen-bond donors (Lipinski definition) is 4. The molecule has 0 fully saturated rings. The highest BCUT2D eigenvalue weighted by atomic mass is 35.5. The van der Waals surface area contributed by atoms with Crippen molar-refractivity contribution in [2.24, 2.45) is 0 Å². The maximum atomic E-state index is 12.6. The van der Waals surface area contributed by atoms with Gasteiger partial charge in [-0.2, -0.15) is 10.5 Å². The van der Waals surface area contributed by atoms with Crippen LogP contribution in [0.4, 0.5) is 17.1 Å². The molecule has 0 aliphatic heterocycles. The minimum Gasteiger partial charge on any atom is -0.398 e. The fraction of sp³-hybridized carbons (Fsp3) is 0.111. The molecule has 7 nitrogen and oxygen atoms in total. The lowest BCUT2D eigenvalue weighted by molar-refractivity contribution is 0.101. The smallest absolute Gasteiger partial charge is 0.257 e. The molecule has 4 N–H and O–H groups in total. The average molecular weight is 817 g/mol. The van der Waals surface area contributed by atoms with Crippen LogP contribution in [0.15, 0.2) is 126 Å². The van der Waals surface area contributed by atoms with Crippen LogP contribution in [0, 0.1) is 43.4 Å². The highest BCUT2D eigenvalue weighted by Gasteiger charge is 2.21. The first-order chi connectivity index (χ1) is 26.8. The van der Waals surface area contributed by atoms with E-state index in [1.165, 1.54) is 0 Å². The van der Waals surface area contributed by atoms with Gasteiger partial charge in [-0.1, -0.05) is 113 Å². The molecular formula is C45H36Cl3N5O2S. The standard InChI is InChI=1S/C23H20ClN3O.C22H16Cl2N2OS/c1-14-7-9-16(10-8-14)19(13-25)18-11-15(2)22(12-20(18)24)27-23(28)17-5-3-4-6-21(17)26;1-13-10-17(18(12-25)14-6-8-15(23)9-7-14)19(24)11-20(13)26-22(27)16-4-2-3-5-21(16)28/h3-12,19H,26H2,1-2H3,(H,27,28);2-11,18,28H,1H3,(H,26,27). The summed E-state index contributed by atoms with van der Waals surface area (Å²) in [7, 11) is 0. The van der Waals surface area contributed by atoms with Gasteiger partial charge >= 0.3 is 0 Å². The van der Waals surface area contributed by atoms with Gasteiger partial charge in [-0.05, 0) is 103 Å². The minimum atomic E-state index is -0.536. The first-order valence-electron chi connectivity index (χ1n) is 17.3. The minimum absolute atomic E-state index is 0.271. The molecule has 6 rings (SSSR count). The van der Waals surface area contributed by atoms with E-state index < -0.39 is 11.8 Å². The number of nitrogens with zero attached hydrogens (tertiary/aromatic N) is 2. The third kappa shape index (κ3) is 9.92. The molecule has 0 aromatic heterocycles. The summed E-state index contributed by atoms with van der Waals surface area (Å²) in [6.45, 7) is 5.73. The zero-order valence-electron chi connectivity index (χ0n) is 30.6. The Labute approximate surface area is 347 Å². The van der Waals surface area contributed by atoms with Gasteiger partial charge in [0.15, 0.2) is 0 Å². The van der Waals surface area contributed by atoms with Gasteiger partial charge < -0.3 is 16.4 Å². The first-order valence-corrected chi connectivity index (χ1v) is 18.9. The molecular weight excluding hydrogens is 781 g/mol. The van der Waals surface area contributed by atoms with Crippen molar-refractivity contribution in [3.05, 3.63) is 186 Å². The predicted molar refractivity (Wildman–Crippen MR) is 230 cm³/mol. The van der Waals surface area contributed by atoms with Crippen molar-refractivity contribution in [3.63, 3.8) is 0 Å². The molecule has 11 heteroatoms. The molecule has 0 aliphatic carbocycles. The van der Waals surface area contributed by atoms with Crippen LogP contribution in [0.5, 0.6) is 0 Å². The highest BCUT2D eigenvalue weighted by Crippen LogP contribution is 2.36. The van der Waals surface area contributed by atoms with E-state index >= 15 is 0 Å². The molecule has 0 saturated carbocycles. The summed E-state index contributed by atoms with van der Waals surface area (Å²) in [5.74, 6) is -1.60. The van der Waals surface area contributed by atoms with Gasteiger partial charge in [0.25, 0.3) is 11.8 Å². The van der Waals surface area contributed by atoms with Crippen molar-refractivity contribution in [3.8, 4) is 12.1 Å². The summed E-state index contributed by atoms with van der Waals surface area (Å²) in [5, 5.41) is 26.6. The number of carbonyl (C=O) groups is 2. The Morgan fingerprint density at radius 1 is 0.625 bits per heavy atom. The zero-order valence-corrected chi connectivity index (χ0v) is 33.7. The van der Waals surface area contributed by atoms with Crippen LogP contribution < -0.4 is 16.4 Å². The summed E-state index contributed by atoms with van der Waals surface area (Å²) in [4.78, 5) is 25.7. The number of thiol groups is 1. The molecule has 6 aromatic carbocycles. The van der Waals surface area contributed by atoms with Crippen LogP contribution in [-0.2, 0) is 0 Å². The summed E-state index contributed by atoms with van der Waals surface area (Å²) >= 11 is 23.2. The van der Waals surface area contributed by atoms with E-state index in [4.69, 9.17) is 40.5 Å². The van der Waals surface area contributed by atoms with Crippen LogP contribution in [0.1, 0.15) is 71.5 Å². The Kier molecular flexibility index (Phi) is 13.9. The van der Waals surface area contributed by atoms with E-state index in [2.05, 4.69) is 35.4 Å². The monoisotopic (exact) mass is 815 g/mol. The van der Waals surface area contributed by atoms with Gasteiger partial charge in [0.1, 0.15) is 0 Å². The topological polar surface area (TPSA) is 132 Å². The molecule has 6 aromatic rings. The summed E-state index contributed by atoms with van der Waals surface area (Å²) in [6.07, 6.45) is 0. The number of nitrogens with two attached hydrogens (primary N) is 1. The van der Waals surface area contributed by atoms with Gasteiger partial charge in [0, 0.05) is 37.0 Å². The molecule has 2 atom stereocenters. The second kappa shape index (κ2) is 18.7. The number of rotatable bonds is 8. The van der Waals surface area contributed by atoms with Crippen LogP contribution in [-0.4, -0.2) is 11.8 Å². The van der Waals surface area contributed by atoms with Crippen molar-refractivity contribution in [1.82, 2.24) is 0 Å². The number of hydrogen-bond acceptors (Lipinski definition) is 6. The van der Waals surface area contributed by atoms with E-state index in [0.29, 0.717) is 59.3 Å². The van der Waals surface area contributed by atoms with Crippen molar-refractivity contribution < 1.29 is 9.59 Å². The lowest BCUT2D eigenvalue weighted by atomic mass is 9.90.